The van der Waals surface area contributed by atoms with E-state index >= 15 is 0 Å². The Morgan fingerprint density at radius 1 is 1.16 bits per heavy atom. The largest absolute Gasteiger partial charge is 0.330 e. The maximum atomic E-state index is 5.59. The molecule has 1 atom stereocenters. The smallest absolute Gasteiger partial charge is 0.00772 e. The summed E-state index contributed by atoms with van der Waals surface area (Å²) in [5, 5.41) is 0. The van der Waals surface area contributed by atoms with Gasteiger partial charge in [-0.25, -0.2) is 0 Å². The van der Waals surface area contributed by atoms with Crippen LogP contribution in [0.25, 0.3) is 0 Å². The van der Waals surface area contributed by atoms with Gasteiger partial charge in [0, 0.05) is 0 Å². The van der Waals surface area contributed by atoms with Gasteiger partial charge in [0.05, 0.1) is 0 Å². The molecule has 110 valence electrons. The minimum atomic E-state index is 0.589. The number of allylic oxidation sites excluding steroid dienone is 6. The summed E-state index contributed by atoms with van der Waals surface area (Å²) in [6.45, 7) is 11.9. The predicted octanol–water partition coefficient (Wildman–Crippen LogP) is 5.25. The van der Waals surface area contributed by atoms with Gasteiger partial charge in [-0.3, -0.25) is 0 Å². The molecule has 19 heavy (non-hydrogen) atoms. The minimum Gasteiger partial charge on any atom is -0.330 e. The molecule has 0 aromatic carbocycles. The first-order valence-corrected chi connectivity index (χ1v) is 7.80. The summed E-state index contributed by atoms with van der Waals surface area (Å²) in [4.78, 5) is 0. The van der Waals surface area contributed by atoms with Gasteiger partial charge in [-0.05, 0) is 55.7 Å². The van der Waals surface area contributed by atoms with E-state index in [1.807, 2.05) is 0 Å². The zero-order chi connectivity index (χ0) is 14.7. The van der Waals surface area contributed by atoms with Gasteiger partial charge in [0.25, 0.3) is 0 Å². The van der Waals surface area contributed by atoms with Crippen LogP contribution in [0, 0.1) is 11.8 Å². The van der Waals surface area contributed by atoms with E-state index in [0.29, 0.717) is 11.8 Å². The molecule has 1 unspecified atom stereocenters. The van der Waals surface area contributed by atoms with E-state index < -0.39 is 0 Å². The topological polar surface area (TPSA) is 26.0 Å². The van der Waals surface area contributed by atoms with Gasteiger partial charge in [-0.2, -0.15) is 0 Å². The van der Waals surface area contributed by atoms with Crippen molar-refractivity contribution in [1.82, 2.24) is 0 Å². The van der Waals surface area contributed by atoms with Crippen molar-refractivity contribution in [2.75, 3.05) is 6.54 Å². The minimum absolute atomic E-state index is 0.589. The first-order valence-electron chi connectivity index (χ1n) is 7.80. The maximum absolute atomic E-state index is 5.59. The second kappa shape index (κ2) is 11.0. The van der Waals surface area contributed by atoms with Crippen LogP contribution in [0.2, 0.25) is 0 Å². The highest BCUT2D eigenvalue weighted by Gasteiger charge is 2.01. The number of nitrogens with two attached hydrogens (primary N) is 1. The van der Waals surface area contributed by atoms with E-state index in [9.17, 15) is 0 Å². The Bertz CT molecular complexity index is 308. The molecule has 0 saturated heterocycles. The van der Waals surface area contributed by atoms with Gasteiger partial charge in [-0.1, -0.05) is 58.4 Å². The summed E-state index contributed by atoms with van der Waals surface area (Å²) in [6.07, 6.45) is 13.9. The highest BCUT2D eigenvalue weighted by Crippen LogP contribution is 2.18. The van der Waals surface area contributed by atoms with Crippen LogP contribution in [-0.2, 0) is 0 Å². The Morgan fingerprint density at radius 3 is 2.32 bits per heavy atom. The summed E-state index contributed by atoms with van der Waals surface area (Å²) in [5.41, 5.74) is 8.45. The third-order valence-corrected chi connectivity index (χ3v) is 3.55. The van der Waals surface area contributed by atoms with Crippen molar-refractivity contribution >= 4 is 0 Å². The summed E-state index contributed by atoms with van der Waals surface area (Å²) < 4.78 is 0. The van der Waals surface area contributed by atoms with Crippen LogP contribution in [-0.4, -0.2) is 6.54 Å². The SMILES string of the molecule is C\C=C(/C=C(\C=C\C(C)CC)CCCCN)C(C)C. The third kappa shape index (κ3) is 8.83. The van der Waals surface area contributed by atoms with Crippen molar-refractivity contribution in [3.8, 4) is 0 Å². The molecule has 0 spiro atoms. The van der Waals surface area contributed by atoms with Crippen LogP contribution in [0.15, 0.2) is 35.5 Å². The lowest BCUT2D eigenvalue weighted by Gasteiger charge is -2.10. The van der Waals surface area contributed by atoms with Crippen molar-refractivity contribution in [1.29, 1.82) is 0 Å². The maximum Gasteiger partial charge on any atom is -0.00772 e. The van der Waals surface area contributed by atoms with Gasteiger partial charge in [-0.15, -0.1) is 0 Å². The van der Waals surface area contributed by atoms with E-state index in [-0.39, 0.29) is 0 Å². The summed E-state index contributed by atoms with van der Waals surface area (Å²) in [6, 6.07) is 0. The Balaban J connectivity index is 4.83. The van der Waals surface area contributed by atoms with Gasteiger partial charge in [0.15, 0.2) is 0 Å². The second-order valence-electron chi connectivity index (χ2n) is 5.65. The van der Waals surface area contributed by atoms with Crippen LogP contribution < -0.4 is 5.73 Å². The Labute approximate surface area is 120 Å². The summed E-state index contributed by atoms with van der Waals surface area (Å²) in [5.74, 6) is 1.25. The quantitative estimate of drug-likeness (QED) is 0.446. The van der Waals surface area contributed by atoms with Gasteiger partial charge < -0.3 is 5.73 Å². The fraction of sp³-hybridized carbons (Fsp3) is 0.667. The molecular weight excluding hydrogens is 230 g/mol. The van der Waals surface area contributed by atoms with Crippen LogP contribution in [0.1, 0.15) is 60.3 Å². The molecule has 0 aromatic heterocycles. The normalized spacial score (nSPS) is 15.5. The molecule has 0 aromatic rings. The van der Waals surface area contributed by atoms with Crippen molar-refractivity contribution in [2.45, 2.75) is 60.3 Å². The summed E-state index contributed by atoms with van der Waals surface area (Å²) in [7, 11) is 0. The molecule has 0 saturated carbocycles. The lowest BCUT2D eigenvalue weighted by atomic mass is 9.96. The number of unbranched alkanes of at least 4 members (excludes halogenated alkanes) is 1. The Morgan fingerprint density at radius 2 is 1.84 bits per heavy atom. The van der Waals surface area contributed by atoms with Crippen molar-refractivity contribution in [3.63, 3.8) is 0 Å². The van der Waals surface area contributed by atoms with E-state index in [4.69, 9.17) is 5.73 Å². The fourth-order valence-corrected chi connectivity index (χ4v) is 1.90. The molecule has 2 N–H and O–H groups in total. The van der Waals surface area contributed by atoms with Crippen molar-refractivity contribution < 1.29 is 0 Å². The molecule has 1 heteroatoms. The fourth-order valence-electron chi connectivity index (χ4n) is 1.90. The highest BCUT2D eigenvalue weighted by atomic mass is 14.5. The van der Waals surface area contributed by atoms with E-state index in [2.05, 4.69) is 58.9 Å². The second-order valence-corrected chi connectivity index (χ2v) is 5.65. The number of rotatable bonds is 9. The molecule has 0 radical (unpaired) electrons. The van der Waals surface area contributed by atoms with Gasteiger partial charge >= 0.3 is 0 Å². The number of hydrogen-bond acceptors (Lipinski definition) is 1. The van der Waals surface area contributed by atoms with Crippen molar-refractivity contribution in [3.05, 3.63) is 35.5 Å². The number of hydrogen-bond donors (Lipinski definition) is 1. The monoisotopic (exact) mass is 263 g/mol. The zero-order valence-corrected chi connectivity index (χ0v) is 13.6. The molecule has 0 aliphatic rings. The van der Waals surface area contributed by atoms with E-state index in [1.54, 1.807) is 0 Å². The molecule has 1 nitrogen and oxygen atoms in total. The van der Waals surface area contributed by atoms with E-state index in [1.165, 1.54) is 24.0 Å². The van der Waals surface area contributed by atoms with Crippen LogP contribution >= 0.6 is 0 Å². The molecule has 0 fully saturated rings. The van der Waals surface area contributed by atoms with Crippen molar-refractivity contribution in [2.24, 2.45) is 17.6 Å². The van der Waals surface area contributed by atoms with Crippen LogP contribution in [0.4, 0.5) is 0 Å². The molecule has 0 bridgehead atoms. The van der Waals surface area contributed by atoms with Crippen LogP contribution in [0.5, 0.6) is 0 Å². The third-order valence-electron chi connectivity index (χ3n) is 3.55. The standard InChI is InChI=1S/C18H33N/c1-6-16(5)11-12-17(10-8-9-13-19)14-18(7-2)15(3)4/h7,11-12,14-16H,6,8-10,13,19H2,1-5H3/b12-11+,17-14-,18-7+. The first kappa shape index (κ1) is 18.2. The molecule has 0 heterocycles. The molecule has 0 rings (SSSR count). The first-order chi connectivity index (χ1) is 9.04. The molecule has 0 aliphatic carbocycles. The average Bonchev–Trinajstić information content (AvgIpc) is 2.40. The van der Waals surface area contributed by atoms with Gasteiger partial charge in [0.2, 0.25) is 0 Å². The van der Waals surface area contributed by atoms with Gasteiger partial charge in [0.1, 0.15) is 0 Å². The zero-order valence-electron chi connectivity index (χ0n) is 13.6. The highest BCUT2D eigenvalue weighted by molar-refractivity contribution is 5.31. The lowest BCUT2D eigenvalue weighted by Crippen LogP contribution is -1.98. The van der Waals surface area contributed by atoms with E-state index in [0.717, 1.165) is 19.4 Å². The Kier molecular flexibility index (Phi) is 10.6. The predicted molar refractivity (Wildman–Crippen MR) is 88.2 cm³/mol. The lowest BCUT2D eigenvalue weighted by molar-refractivity contribution is 0.695. The van der Waals surface area contributed by atoms with Crippen LogP contribution in [0.3, 0.4) is 0 Å². The Hall–Kier alpha value is -0.820. The summed E-state index contributed by atoms with van der Waals surface area (Å²) >= 11 is 0. The molecule has 0 amide bonds. The molecule has 0 aliphatic heterocycles. The molecular formula is C18H33N. The average molecular weight is 263 g/mol.